The van der Waals surface area contributed by atoms with Crippen LogP contribution in [0.3, 0.4) is 0 Å². The lowest BCUT2D eigenvalue weighted by molar-refractivity contribution is -0.126. The van der Waals surface area contributed by atoms with E-state index in [1.165, 1.54) is 16.7 Å². The summed E-state index contributed by atoms with van der Waals surface area (Å²) in [6.45, 7) is 3.82. The lowest BCUT2D eigenvalue weighted by Gasteiger charge is -2.14. The second-order valence-corrected chi connectivity index (χ2v) is 8.14. The summed E-state index contributed by atoms with van der Waals surface area (Å²) >= 11 is 6.50. The van der Waals surface area contributed by atoms with E-state index in [-0.39, 0.29) is 18.4 Å². The third-order valence-corrected chi connectivity index (χ3v) is 5.47. The van der Waals surface area contributed by atoms with Gasteiger partial charge >= 0.3 is 0 Å². The Balaban J connectivity index is 1.69. The molecule has 144 valence electrons. The topological polar surface area (TPSA) is 58.6 Å². The van der Waals surface area contributed by atoms with Crippen molar-refractivity contribution in [3.8, 4) is 5.75 Å². The van der Waals surface area contributed by atoms with Gasteiger partial charge in [-0.1, -0.05) is 42.2 Å². The molecule has 0 aromatic heterocycles. The molecule has 0 unspecified atom stereocenters. The van der Waals surface area contributed by atoms with Crippen molar-refractivity contribution >= 4 is 51.9 Å². The number of aryl methyl sites for hydroxylation is 2. The van der Waals surface area contributed by atoms with Gasteiger partial charge in [0.15, 0.2) is 0 Å². The summed E-state index contributed by atoms with van der Waals surface area (Å²) in [5, 5.41) is 2.83. The van der Waals surface area contributed by atoms with E-state index < -0.39 is 0 Å². The Hall–Kier alpha value is -2.64. The van der Waals surface area contributed by atoms with Crippen LogP contribution in [0, 0.1) is 13.8 Å². The molecule has 5 nitrogen and oxygen atoms in total. The number of nitrogens with zero attached hydrogens (tertiary/aromatic N) is 1. The van der Waals surface area contributed by atoms with Crippen LogP contribution in [-0.4, -0.2) is 34.7 Å². The highest BCUT2D eigenvalue weighted by molar-refractivity contribution is 8.26. The van der Waals surface area contributed by atoms with Gasteiger partial charge in [0.25, 0.3) is 5.91 Å². The minimum Gasteiger partial charge on any atom is -0.497 e. The summed E-state index contributed by atoms with van der Waals surface area (Å²) in [5.74, 6) is 0.196. The molecule has 0 bridgehead atoms. The molecule has 2 amide bonds. The number of amides is 2. The molecule has 0 radical (unpaired) electrons. The van der Waals surface area contributed by atoms with Crippen molar-refractivity contribution in [3.63, 3.8) is 0 Å². The number of anilines is 1. The molecule has 1 aliphatic heterocycles. The molecule has 7 heteroatoms. The van der Waals surface area contributed by atoms with E-state index >= 15 is 0 Å². The van der Waals surface area contributed by atoms with Crippen molar-refractivity contribution in [2.24, 2.45) is 0 Å². The van der Waals surface area contributed by atoms with Crippen molar-refractivity contribution in [2.75, 3.05) is 19.0 Å². The zero-order valence-electron chi connectivity index (χ0n) is 15.8. The minimum absolute atomic E-state index is 0.113. The number of benzene rings is 2. The van der Waals surface area contributed by atoms with Crippen LogP contribution >= 0.6 is 24.0 Å². The van der Waals surface area contributed by atoms with Crippen molar-refractivity contribution in [1.29, 1.82) is 0 Å². The number of carbonyl (C=O) groups excluding carboxylic acids is 2. The number of rotatable bonds is 5. The van der Waals surface area contributed by atoms with Gasteiger partial charge < -0.3 is 10.1 Å². The van der Waals surface area contributed by atoms with Gasteiger partial charge in [-0.3, -0.25) is 14.5 Å². The monoisotopic (exact) mass is 412 g/mol. The van der Waals surface area contributed by atoms with Gasteiger partial charge in [0, 0.05) is 5.69 Å². The molecule has 2 aromatic carbocycles. The van der Waals surface area contributed by atoms with Crippen LogP contribution in [-0.2, 0) is 9.59 Å². The average Bonchev–Trinajstić information content (AvgIpc) is 2.89. The van der Waals surface area contributed by atoms with E-state index in [9.17, 15) is 9.59 Å². The summed E-state index contributed by atoms with van der Waals surface area (Å²) < 4.78 is 5.51. The third-order valence-electron chi connectivity index (χ3n) is 4.09. The molecule has 1 saturated heterocycles. The minimum atomic E-state index is -0.285. The standard InChI is InChI=1S/C21H20N2O3S2/c1-13-8-14(2)10-16(9-13)22-19(24)12-23-20(25)18(28-21(23)27)11-15-4-6-17(26-3)7-5-15/h4-11H,12H2,1-3H3,(H,22,24). The predicted molar refractivity (Wildman–Crippen MR) is 117 cm³/mol. The Bertz CT molecular complexity index is 948. The first-order valence-corrected chi connectivity index (χ1v) is 9.86. The fourth-order valence-corrected chi connectivity index (χ4v) is 4.13. The quantitative estimate of drug-likeness (QED) is 0.591. The van der Waals surface area contributed by atoms with Crippen LogP contribution < -0.4 is 10.1 Å². The molecular weight excluding hydrogens is 392 g/mol. The number of nitrogens with one attached hydrogen (secondary N) is 1. The van der Waals surface area contributed by atoms with Crippen LogP contribution in [0.2, 0.25) is 0 Å². The van der Waals surface area contributed by atoms with E-state index in [1.54, 1.807) is 13.2 Å². The van der Waals surface area contributed by atoms with Gasteiger partial charge in [-0.05, 0) is 60.9 Å². The number of thiocarbonyl (C=S) groups is 1. The lowest BCUT2D eigenvalue weighted by Crippen LogP contribution is -2.36. The van der Waals surface area contributed by atoms with Crippen molar-refractivity contribution in [2.45, 2.75) is 13.8 Å². The maximum absolute atomic E-state index is 12.7. The molecule has 2 aromatic rings. The maximum atomic E-state index is 12.7. The third kappa shape index (κ3) is 4.79. The first-order chi connectivity index (χ1) is 13.4. The highest BCUT2D eigenvalue weighted by atomic mass is 32.2. The van der Waals surface area contributed by atoms with Crippen LogP contribution in [0.15, 0.2) is 47.4 Å². The number of methoxy groups -OCH3 is 1. The molecule has 1 fully saturated rings. The highest BCUT2D eigenvalue weighted by Crippen LogP contribution is 2.32. The maximum Gasteiger partial charge on any atom is 0.266 e. The molecule has 0 spiro atoms. The smallest absolute Gasteiger partial charge is 0.266 e. The Morgan fingerprint density at radius 1 is 1.18 bits per heavy atom. The second kappa shape index (κ2) is 8.58. The van der Waals surface area contributed by atoms with Crippen LogP contribution in [0.25, 0.3) is 6.08 Å². The van der Waals surface area contributed by atoms with Crippen molar-refractivity contribution in [3.05, 3.63) is 64.1 Å². The van der Waals surface area contributed by atoms with Gasteiger partial charge in [-0.25, -0.2) is 0 Å². The summed E-state index contributed by atoms with van der Waals surface area (Å²) in [5.41, 5.74) is 3.69. The summed E-state index contributed by atoms with van der Waals surface area (Å²) in [7, 11) is 1.60. The lowest BCUT2D eigenvalue weighted by atomic mass is 10.1. The number of thioether (sulfide) groups is 1. The fourth-order valence-electron chi connectivity index (χ4n) is 2.88. The molecule has 0 aliphatic carbocycles. The average molecular weight is 413 g/mol. The summed E-state index contributed by atoms with van der Waals surface area (Å²) in [4.78, 5) is 26.9. The van der Waals surface area contributed by atoms with Gasteiger partial charge in [-0.15, -0.1) is 0 Å². The second-order valence-electron chi connectivity index (χ2n) is 6.47. The number of ether oxygens (including phenoxy) is 1. The van der Waals surface area contributed by atoms with Gasteiger partial charge in [0.05, 0.1) is 12.0 Å². The first kappa shape index (κ1) is 20.1. The highest BCUT2D eigenvalue weighted by Gasteiger charge is 2.33. The molecule has 0 saturated carbocycles. The number of carbonyl (C=O) groups is 2. The summed E-state index contributed by atoms with van der Waals surface area (Å²) in [6.07, 6.45) is 1.76. The van der Waals surface area contributed by atoms with Gasteiger partial charge in [0.2, 0.25) is 5.91 Å². The molecule has 1 aliphatic rings. The van der Waals surface area contributed by atoms with Gasteiger partial charge in [0.1, 0.15) is 16.6 Å². The summed E-state index contributed by atoms with van der Waals surface area (Å²) in [6, 6.07) is 13.2. The zero-order valence-corrected chi connectivity index (χ0v) is 17.4. The molecule has 28 heavy (non-hydrogen) atoms. The Morgan fingerprint density at radius 2 is 1.82 bits per heavy atom. The van der Waals surface area contributed by atoms with E-state index in [0.29, 0.717) is 14.9 Å². The fraction of sp³-hybridized carbons (Fsp3) is 0.190. The Labute approximate surface area is 173 Å². The Kier molecular flexibility index (Phi) is 6.16. The van der Waals surface area contributed by atoms with E-state index in [2.05, 4.69) is 5.32 Å². The van der Waals surface area contributed by atoms with E-state index in [0.717, 1.165) is 22.4 Å². The predicted octanol–water partition coefficient (Wildman–Crippen LogP) is 4.15. The molecule has 0 atom stereocenters. The SMILES string of the molecule is COc1ccc(C=C2SC(=S)N(CC(=O)Nc3cc(C)cc(C)c3)C2=O)cc1. The van der Waals surface area contributed by atoms with Crippen LogP contribution in [0.5, 0.6) is 5.75 Å². The first-order valence-electron chi connectivity index (χ1n) is 8.63. The molecular formula is C21H20N2O3S2. The van der Waals surface area contributed by atoms with Crippen molar-refractivity contribution < 1.29 is 14.3 Å². The number of hydrogen-bond acceptors (Lipinski definition) is 5. The molecule has 1 heterocycles. The van der Waals surface area contributed by atoms with Crippen LogP contribution in [0.4, 0.5) is 5.69 Å². The largest absolute Gasteiger partial charge is 0.497 e. The molecule has 3 rings (SSSR count). The zero-order chi connectivity index (χ0) is 20.3. The van der Waals surface area contributed by atoms with E-state index in [1.807, 2.05) is 56.3 Å². The van der Waals surface area contributed by atoms with Crippen LogP contribution in [0.1, 0.15) is 16.7 Å². The number of hydrogen-bond donors (Lipinski definition) is 1. The van der Waals surface area contributed by atoms with Gasteiger partial charge in [-0.2, -0.15) is 0 Å². The van der Waals surface area contributed by atoms with Crippen molar-refractivity contribution in [1.82, 2.24) is 4.90 Å². The van der Waals surface area contributed by atoms with E-state index in [4.69, 9.17) is 17.0 Å². The Morgan fingerprint density at radius 3 is 2.43 bits per heavy atom. The molecule has 1 N–H and O–H groups in total. The normalized spacial score (nSPS) is 15.2.